The minimum absolute atomic E-state index is 0.121. The topological polar surface area (TPSA) is 29.5 Å². The summed E-state index contributed by atoms with van der Waals surface area (Å²) in [5, 5.41) is 9.19. The van der Waals surface area contributed by atoms with Crippen LogP contribution in [0.3, 0.4) is 0 Å². The van der Waals surface area contributed by atoms with E-state index in [0.717, 1.165) is 15.6 Å². The zero-order chi connectivity index (χ0) is 14.8. The van der Waals surface area contributed by atoms with Crippen LogP contribution in [0.4, 0.5) is 13.2 Å². The number of aliphatic hydroxyl groups excluding tert-OH is 1. The first-order valence-corrected chi connectivity index (χ1v) is 6.44. The van der Waals surface area contributed by atoms with Gasteiger partial charge in [-0.25, -0.2) is 0 Å². The SMILES string of the molecule is OCc1cc(-c2ccc(OC(F)(F)F)cc2)ccc1Br. The average molecular weight is 347 g/mol. The lowest BCUT2D eigenvalue weighted by Gasteiger charge is -2.10. The normalized spacial score (nSPS) is 11.4. The van der Waals surface area contributed by atoms with Gasteiger partial charge in [0.25, 0.3) is 0 Å². The molecule has 0 saturated heterocycles. The van der Waals surface area contributed by atoms with Gasteiger partial charge in [0.1, 0.15) is 5.75 Å². The fourth-order valence-corrected chi connectivity index (χ4v) is 2.10. The van der Waals surface area contributed by atoms with Gasteiger partial charge in [0.15, 0.2) is 0 Å². The van der Waals surface area contributed by atoms with Crippen molar-refractivity contribution in [2.24, 2.45) is 0 Å². The number of ether oxygens (including phenoxy) is 1. The first kappa shape index (κ1) is 14.9. The molecule has 0 bridgehead atoms. The molecule has 0 spiro atoms. The number of aliphatic hydroxyl groups is 1. The number of hydrogen-bond acceptors (Lipinski definition) is 2. The van der Waals surface area contributed by atoms with Crippen LogP contribution in [-0.2, 0) is 6.61 Å². The first-order valence-electron chi connectivity index (χ1n) is 5.64. The fraction of sp³-hybridized carbons (Fsp3) is 0.143. The molecule has 106 valence electrons. The van der Waals surface area contributed by atoms with E-state index < -0.39 is 6.36 Å². The summed E-state index contributed by atoms with van der Waals surface area (Å²) in [5.41, 5.74) is 2.25. The lowest BCUT2D eigenvalue weighted by atomic mass is 10.0. The summed E-state index contributed by atoms with van der Waals surface area (Å²) in [4.78, 5) is 0. The summed E-state index contributed by atoms with van der Waals surface area (Å²) in [6, 6.07) is 10.9. The third-order valence-corrected chi connectivity index (χ3v) is 3.41. The number of benzene rings is 2. The maximum absolute atomic E-state index is 12.1. The maximum atomic E-state index is 12.1. The van der Waals surface area contributed by atoms with E-state index in [1.165, 1.54) is 24.3 Å². The lowest BCUT2D eigenvalue weighted by molar-refractivity contribution is -0.274. The highest BCUT2D eigenvalue weighted by atomic mass is 79.9. The van der Waals surface area contributed by atoms with E-state index in [9.17, 15) is 18.3 Å². The fourth-order valence-electron chi connectivity index (χ4n) is 1.72. The molecule has 0 aliphatic carbocycles. The predicted molar refractivity (Wildman–Crippen MR) is 72.2 cm³/mol. The second-order valence-corrected chi connectivity index (χ2v) is 4.89. The Morgan fingerprint density at radius 2 is 1.60 bits per heavy atom. The molecule has 1 N–H and O–H groups in total. The Balaban J connectivity index is 2.26. The molecule has 0 aliphatic rings. The highest BCUT2D eigenvalue weighted by molar-refractivity contribution is 9.10. The van der Waals surface area contributed by atoms with Gasteiger partial charge in [-0.15, -0.1) is 13.2 Å². The van der Waals surface area contributed by atoms with Crippen molar-refractivity contribution >= 4 is 15.9 Å². The molecule has 6 heteroatoms. The van der Waals surface area contributed by atoms with Crippen molar-refractivity contribution in [3.8, 4) is 16.9 Å². The predicted octanol–water partition coefficient (Wildman–Crippen LogP) is 4.51. The van der Waals surface area contributed by atoms with Gasteiger partial charge < -0.3 is 9.84 Å². The van der Waals surface area contributed by atoms with E-state index in [2.05, 4.69) is 20.7 Å². The maximum Gasteiger partial charge on any atom is 0.573 e. The minimum Gasteiger partial charge on any atom is -0.406 e. The highest BCUT2D eigenvalue weighted by Crippen LogP contribution is 2.28. The van der Waals surface area contributed by atoms with Crippen molar-refractivity contribution in [2.75, 3.05) is 0 Å². The number of halogens is 4. The third kappa shape index (κ3) is 3.74. The van der Waals surface area contributed by atoms with E-state index in [4.69, 9.17) is 0 Å². The Kier molecular flexibility index (Phi) is 4.35. The zero-order valence-corrected chi connectivity index (χ0v) is 11.7. The average Bonchev–Trinajstić information content (AvgIpc) is 2.38. The van der Waals surface area contributed by atoms with Crippen molar-refractivity contribution in [3.63, 3.8) is 0 Å². The molecule has 0 aromatic heterocycles. The van der Waals surface area contributed by atoms with Crippen LogP contribution in [0.15, 0.2) is 46.9 Å². The minimum atomic E-state index is -4.69. The van der Waals surface area contributed by atoms with Gasteiger partial charge >= 0.3 is 6.36 Å². The monoisotopic (exact) mass is 346 g/mol. The van der Waals surface area contributed by atoms with Crippen LogP contribution >= 0.6 is 15.9 Å². The summed E-state index contributed by atoms with van der Waals surface area (Å²) in [6.45, 7) is -0.121. The van der Waals surface area contributed by atoms with Crippen molar-refractivity contribution in [1.82, 2.24) is 0 Å². The molecule has 0 heterocycles. The summed E-state index contributed by atoms with van der Waals surface area (Å²) in [7, 11) is 0. The zero-order valence-electron chi connectivity index (χ0n) is 10.1. The second-order valence-electron chi connectivity index (χ2n) is 4.04. The smallest absolute Gasteiger partial charge is 0.406 e. The Hall–Kier alpha value is -1.53. The van der Waals surface area contributed by atoms with Gasteiger partial charge in [-0.2, -0.15) is 0 Å². The third-order valence-electron chi connectivity index (χ3n) is 2.64. The van der Waals surface area contributed by atoms with E-state index >= 15 is 0 Å². The summed E-state index contributed by atoms with van der Waals surface area (Å²) in [5.74, 6) is -0.263. The molecular weight excluding hydrogens is 337 g/mol. The lowest BCUT2D eigenvalue weighted by Crippen LogP contribution is -2.16. The molecule has 0 saturated carbocycles. The van der Waals surface area contributed by atoms with E-state index in [0.29, 0.717) is 5.56 Å². The number of alkyl halides is 3. The standard InChI is InChI=1S/C14H10BrF3O2/c15-13-6-3-10(7-11(13)8-19)9-1-4-12(5-2-9)20-14(16,17)18/h1-7,19H,8H2. The van der Waals surface area contributed by atoms with E-state index in [-0.39, 0.29) is 12.4 Å². The molecule has 0 aliphatic heterocycles. The summed E-state index contributed by atoms with van der Waals surface area (Å²) in [6.07, 6.45) is -4.69. The van der Waals surface area contributed by atoms with Crippen molar-refractivity contribution < 1.29 is 23.0 Å². The van der Waals surface area contributed by atoms with Gasteiger partial charge in [-0.05, 0) is 41.0 Å². The quantitative estimate of drug-likeness (QED) is 0.886. The molecule has 0 unspecified atom stereocenters. The molecule has 0 amide bonds. The molecule has 0 fully saturated rings. The summed E-state index contributed by atoms with van der Waals surface area (Å²) < 4.78 is 40.7. The second kappa shape index (κ2) is 5.85. The highest BCUT2D eigenvalue weighted by Gasteiger charge is 2.30. The van der Waals surface area contributed by atoms with Gasteiger partial charge in [-0.1, -0.05) is 34.1 Å². The molecule has 0 radical (unpaired) electrons. The number of hydrogen-bond donors (Lipinski definition) is 1. The van der Waals surface area contributed by atoms with Crippen LogP contribution in [-0.4, -0.2) is 11.5 Å². The Morgan fingerprint density at radius 3 is 2.15 bits per heavy atom. The van der Waals surface area contributed by atoms with E-state index in [1.54, 1.807) is 12.1 Å². The Morgan fingerprint density at radius 1 is 1.00 bits per heavy atom. The molecule has 2 rings (SSSR count). The largest absolute Gasteiger partial charge is 0.573 e. The van der Waals surface area contributed by atoms with E-state index in [1.807, 2.05) is 6.07 Å². The van der Waals surface area contributed by atoms with Crippen LogP contribution in [0, 0.1) is 0 Å². The van der Waals surface area contributed by atoms with Gasteiger partial charge in [0, 0.05) is 4.47 Å². The van der Waals surface area contributed by atoms with Crippen molar-refractivity contribution in [1.29, 1.82) is 0 Å². The molecule has 20 heavy (non-hydrogen) atoms. The van der Waals surface area contributed by atoms with Gasteiger partial charge in [0.05, 0.1) is 6.61 Å². The van der Waals surface area contributed by atoms with Crippen LogP contribution in [0.2, 0.25) is 0 Å². The molecule has 2 aromatic carbocycles. The van der Waals surface area contributed by atoms with Gasteiger partial charge in [0.2, 0.25) is 0 Å². The van der Waals surface area contributed by atoms with Crippen LogP contribution < -0.4 is 4.74 Å². The van der Waals surface area contributed by atoms with Gasteiger partial charge in [-0.3, -0.25) is 0 Å². The Labute approximate surface area is 121 Å². The summed E-state index contributed by atoms with van der Waals surface area (Å²) >= 11 is 3.30. The molecule has 2 nitrogen and oxygen atoms in total. The molecular formula is C14H10BrF3O2. The van der Waals surface area contributed by atoms with Crippen LogP contribution in [0.1, 0.15) is 5.56 Å². The Bertz CT molecular complexity index is 594. The van der Waals surface area contributed by atoms with Crippen molar-refractivity contribution in [2.45, 2.75) is 13.0 Å². The number of rotatable bonds is 3. The van der Waals surface area contributed by atoms with Crippen LogP contribution in [0.5, 0.6) is 5.75 Å². The molecule has 0 atom stereocenters. The first-order chi connectivity index (χ1) is 9.39. The molecule has 2 aromatic rings. The van der Waals surface area contributed by atoms with Crippen molar-refractivity contribution in [3.05, 3.63) is 52.5 Å². The van der Waals surface area contributed by atoms with Crippen LogP contribution in [0.25, 0.3) is 11.1 Å².